The molecular formula is C23H25N3O4S. The smallest absolute Gasteiger partial charge is 0.293 e. The van der Waals surface area contributed by atoms with E-state index in [1.54, 1.807) is 24.3 Å². The van der Waals surface area contributed by atoms with Crippen LogP contribution in [0.3, 0.4) is 0 Å². The zero-order valence-electron chi connectivity index (χ0n) is 17.5. The molecule has 0 spiro atoms. The van der Waals surface area contributed by atoms with Gasteiger partial charge < -0.3 is 19.8 Å². The van der Waals surface area contributed by atoms with E-state index in [4.69, 9.17) is 21.4 Å². The van der Waals surface area contributed by atoms with Gasteiger partial charge in [0.2, 0.25) is 5.91 Å². The fourth-order valence-corrected chi connectivity index (χ4v) is 3.15. The molecule has 0 saturated heterocycles. The number of fused-ring (bicyclic) bond motifs is 1. The van der Waals surface area contributed by atoms with Crippen molar-refractivity contribution in [3.05, 3.63) is 54.3 Å². The molecule has 0 bridgehead atoms. The first kappa shape index (κ1) is 22.3. The number of rotatable bonds is 8. The van der Waals surface area contributed by atoms with E-state index in [9.17, 15) is 9.59 Å². The van der Waals surface area contributed by atoms with Crippen molar-refractivity contribution in [1.82, 2.24) is 5.32 Å². The Bertz CT molecular complexity index is 1080. The Morgan fingerprint density at radius 1 is 1.00 bits per heavy atom. The molecule has 162 valence electrons. The number of nitrogens with one attached hydrogen (secondary N) is 3. The van der Waals surface area contributed by atoms with Gasteiger partial charge in [0, 0.05) is 23.7 Å². The maximum atomic E-state index is 12.5. The van der Waals surface area contributed by atoms with Crippen molar-refractivity contribution in [2.45, 2.75) is 33.1 Å². The molecule has 3 N–H and O–H groups in total. The Hall–Kier alpha value is -3.39. The molecule has 8 heteroatoms. The highest BCUT2D eigenvalue weighted by Crippen LogP contribution is 2.23. The number of benzene rings is 2. The van der Waals surface area contributed by atoms with E-state index in [0.29, 0.717) is 23.3 Å². The maximum absolute atomic E-state index is 12.5. The molecular weight excluding hydrogens is 414 g/mol. The predicted molar refractivity (Wildman–Crippen MR) is 126 cm³/mol. The summed E-state index contributed by atoms with van der Waals surface area (Å²) in [5, 5.41) is 9.11. The highest BCUT2D eigenvalue weighted by atomic mass is 32.1. The number of furan rings is 1. The summed E-state index contributed by atoms with van der Waals surface area (Å²) in [5.41, 5.74) is 1.89. The Morgan fingerprint density at radius 3 is 2.45 bits per heavy atom. The van der Waals surface area contributed by atoms with Crippen LogP contribution in [-0.2, 0) is 4.79 Å². The molecule has 31 heavy (non-hydrogen) atoms. The number of unbranched alkanes of at least 4 members (excludes halogenated alkanes) is 2. The molecule has 0 radical (unpaired) electrons. The van der Waals surface area contributed by atoms with Crippen LogP contribution in [0.25, 0.3) is 11.0 Å². The van der Waals surface area contributed by atoms with E-state index in [0.717, 1.165) is 30.7 Å². The van der Waals surface area contributed by atoms with E-state index >= 15 is 0 Å². The number of amides is 2. The maximum Gasteiger partial charge on any atom is 0.293 e. The van der Waals surface area contributed by atoms with Crippen molar-refractivity contribution < 1.29 is 18.7 Å². The number of hydrogen-bond donors (Lipinski definition) is 3. The fraction of sp³-hybridized carbons (Fsp3) is 0.261. The molecule has 7 nitrogen and oxygen atoms in total. The summed E-state index contributed by atoms with van der Waals surface area (Å²) < 4.78 is 11.3. The summed E-state index contributed by atoms with van der Waals surface area (Å²) in [6.45, 7) is 4.28. The highest BCUT2D eigenvalue weighted by molar-refractivity contribution is 7.80. The molecule has 2 amide bonds. The third-order valence-corrected chi connectivity index (χ3v) is 4.62. The van der Waals surface area contributed by atoms with E-state index in [1.165, 1.54) is 6.92 Å². The standard InChI is InChI=1S/C23H25N3O4S/c1-3-4-5-12-29-19-9-6-17(7-10-19)25-23(31)26-22(28)21-14-16-13-18(24-15(2)27)8-11-20(16)30-21/h6-11,13-14H,3-5,12H2,1-2H3,(H,24,27)(H2,25,26,28,31). The third kappa shape index (κ3) is 6.55. The van der Waals surface area contributed by atoms with Crippen LogP contribution < -0.4 is 20.7 Å². The van der Waals surface area contributed by atoms with Gasteiger partial charge in [-0.2, -0.15) is 0 Å². The molecule has 1 aromatic heterocycles. The lowest BCUT2D eigenvalue weighted by Crippen LogP contribution is -2.33. The number of carbonyl (C=O) groups is 2. The number of anilines is 2. The molecule has 0 aliphatic rings. The van der Waals surface area contributed by atoms with Crippen molar-refractivity contribution >= 4 is 51.5 Å². The Kier molecular flexibility index (Phi) is 7.61. The molecule has 0 aliphatic heterocycles. The normalized spacial score (nSPS) is 10.5. The zero-order valence-corrected chi connectivity index (χ0v) is 18.3. The van der Waals surface area contributed by atoms with Gasteiger partial charge in [0.05, 0.1) is 6.61 Å². The minimum atomic E-state index is -0.467. The van der Waals surface area contributed by atoms with Gasteiger partial charge in [0.1, 0.15) is 11.3 Å². The highest BCUT2D eigenvalue weighted by Gasteiger charge is 2.14. The Labute approximate surface area is 186 Å². The average molecular weight is 440 g/mol. The summed E-state index contributed by atoms with van der Waals surface area (Å²) in [7, 11) is 0. The van der Waals surface area contributed by atoms with Crippen LogP contribution in [0.4, 0.5) is 11.4 Å². The molecule has 0 unspecified atom stereocenters. The number of carbonyl (C=O) groups excluding carboxylic acids is 2. The summed E-state index contributed by atoms with van der Waals surface area (Å²) in [5.74, 6) is 0.270. The molecule has 2 aromatic carbocycles. The summed E-state index contributed by atoms with van der Waals surface area (Å²) in [6, 6.07) is 14.1. The monoisotopic (exact) mass is 439 g/mol. The lowest BCUT2D eigenvalue weighted by molar-refractivity contribution is -0.114. The number of thiocarbonyl (C=S) groups is 1. The first-order chi connectivity index (χ1) is 14.9. The largest absolute Gasteiger partial charge is 0.494 e. The second kappa shape index (κ2) is 10.6. The quantitative estimate of drug-likeness (QED) is 0.335. The van der Waals surface area contributed by atoms with Crippen molar-refractivity contribution in [1.29, 1.82) is 0 Å². The first-order valence-corrected chi connectivity index (χ1v) is 10.5. The molecule has 0 atom stereocenters. The van der Waals surface area contributed by atoms with Gasteiger partial charge >= 0.3 is 0 Å². The van der Waals surface area contributed by atoms with Crippen LogP contribution in [0.5, 0.6) is 5.75 Å². The van der Waals surface area contributed by atoms with Crippen LogP contribution in [0, 0.1) is 0 Å². The SMILES string of the molecule is CCCCCOc1ccc(NC(=S)NC(=O)c2cc3cc(NC(C)=O)ccc3o2)cc1. The molecule has 3 rings (SSSR count). The van der Waals surface area contributed by atoms with Gasteiger partial charge in [-0.15, -0.1) is 0 Å². The summed E-state index contributed by atoms with van der Waals surface area (Å²) in [4.78, 5) is 23.7. The van der Waals surface area contributed by atoms with Gasteiger partial charge in [0.15, 0.2) is 10.9 Å². The molecule has 0 aliphatic carbocycles. The fourth-order valence-electron chi connectivity index (χ4n) is 2.94. The van der Waals surface area contributed by atoms with E-state index in [-0.39, 0.29) is 16.8 Å². The van der Waals surface area contributed by atoms with Crippen LogP contribution in [0.1, 0.15) is 43.7 Å². The van der Waals surface area contributed by atoms with Gasteiger partial charge in [0.25, 0.3) is 5.91 Å². The third-order valence-electron chi connectivity index (χ3n) is 4.42. The Morgan fingerprint density at radius 2 is 1.74 bits per heavy atom. The molecule has 1 heterocycles. The van der Waals surface area contributed by atoms with Crippen LogP contribution in [-0.4, -0.2) is 23.5 Å². The van der Waals surface area contributed by atoms with Crippen LogP contribution in [0.2, 0.25) is 0 Å². The van der Waals surface area contributed by atoms with E-state index in [1.807, 2.05) is 24.3 Å². The number of ether oxygens (including phenoxy) is 1. The minimum absolute atomic E-state index is 0.120. The lowest BCUT2D eigenvalue weighted by atomic mass is 10.2. The molecule has 0 saturated carbocycles. The Balaban J connectivity index is 1.55. The molecule has 3 aromatic rings. The minimum Gasteiger partial charge on any atom is -0.494 e. The first-order valence-electron chi connectivity index (χ1n) is 10.1. The predicted octanol–water partition coefficient (Wildman–Crippen LogP) is 5.09. The second-order valence-electron chi connectivity index (χ2n) is 7.03. The van der Waals surface area contributed by atoms with Crippen molar-refractivity contribution in [2.24, 2.45) is 0 Å². The van der Waals surface area contributed by atoms with Gasteiger partial charge in [-0.25, -0.2) is 0 Å². The van der Waals surface area contributed by atoms with Gasteiger partial charge in [-0.3, -0.25) is 14.9 Å². The average Bonchev–Trinajstić information content (AvgIpc) is 3.15. The van der Waals surface area contributed by atoms with Crippen molar-refractivity contribution in [2.75, 3.05) is 17.2 Å². The summed E-state index contributed by atoms with van der Waals surface area (Å²) in [6.07, 6.45) is 3.33. The zero-order chi connectivity index (χ0) is 22.2. The molecule has 0 fully saturated rings. The van der Waals surface area contributed by atoms with E-state index in [2.05, 4.69) is 22.9 Å². The van der Waals surface area contributed by atoms with Crippen LogP contribution >= 0.6 is 12.2 Å². The van der Waals surface area contributed by atoms with E-state index < -0.39 is 5.91 Å². The summed E-state index contributed by atoms with van der Waals surface area (Å²) >= 11 is 5.23. The van der Waals surface area contributed by atoms with Gasteiger partial charge in [-0.05, 0) is 67.2 Å². The lowest BCUT2D eigenvalue weighted by Gasteiger charge is -2.10. The number of hydrogen-bond acceptors (Lipinski definition) is 5. The second-order valence-corrected chi connectivity index (χ2v) is 7.44. The van der Waals surface area contributed by atoms with Gasteiger partial charge in [-0.1, -0.05) is 19.8 Å². The van der Waals surface area contributed by atoms with Crippen molar-refractivity contribution in [3.63, 3.8) is 0 Å². The topological polar surface area (TPSA) is 92.6 Å². The van der Waals surface area contributed by atoms with Crippen molar-refractivity contribution in [3.8, 4) is 5.75 Å². The van der Waals surface area contributed by atoms with Crippen LogP contribution in [0.15, 0.2) is 52.9 Å².